The number of anilines is 1. The van der Waals surface area contributed by atoms with Gasteiger partial charge in [0.25, 0.3) is 0 Å². The number of methoxy groups -OCH3 is 4. The summed E-state index contributed by atoms with van der Waals surface area (Å²) in [5.41, 5.74) is 8.79. The fraction of sp³-hybridized carbons (Fsp3) is 0.414. The van der Waals surface area contributed by atoms with E-state index in [4.69, 9.17) is 61.1 Å². The van der Waals surface area contributed by atoms with Gasteiger partial charge in [0.15, 0.2) is 23.0 Å². The maximum atomic E-state index is 14.1. The van der Waals surface area contributed by atoms with Gasteiger partial charge in [-0.25, -0.2) is 24.0 Å². The third-order valence-electron chi connectivity index (χ3n) is 18.2. The van der Waals surface area contributed by atoms with Gasteiger partial charge in [-0.1, -0.05) is 48.5 Å². The number of aliphatic carboxylic acids is 1. The van der Waals surface area contributed by atoms with Crippen LogP contribution in [0.5, 0.6) is 34.5 Å². The summed E-state index contributed by atoms with van der Waals surface area (Å²) in [7, 11) is 5.64. The number of rotatable bonds is 31. The molecule has 2 fully saturated rings. The summed E-state index contributed by atoms with van der Waals surface area (Å²) in [4.78, 5) is 106. The van der Waals surface area contributed by atoms with Crippen molar-refractivity contribution in [3.63, 3.8) is 0 Å². The first-order valence-corrected chi connectivity index (χ1v) is 33.5. The number of halogens is 2. The number of H-pyrrole nitrogens is 2. The summed E-state index contributed by atoms with van der Waals surface area (Å²) in [5.74, 6) is -0.836. The topological polar surface area (TPSA) is 303 Å². The van der Waals surface area contributed by atoms with Crippen LogP contribution >= 0.6 is 23.2 Å². The van der Waals surface area contributed by atoms with E-state index in [1.165, 1.54) is 28.4 Å². The smallest absolute Gasteiger partial charge is 0.413 e. The van der Waals surface area contributed by atoms with E-state index in [0.29, 0.717) is 80.9 Å². The molecule has 0 spiro atoms. The molecule has 6 amide bonds. The van der Waals surface area contributed by atoms with E-state index in [9.17, 15) is 38.7 Å². The first kappa shape index (κ1) is 68.6. The third-order valence-corrected chi connectivity index (χ3v) is 18.5. The molecule has 2 aromatic heterocycles. The maximum Gasteiger partial charge on any atom is 0.413 e. The summed E-state index contributed by atoms with van der Waals surface area (Å²) in [6.45, 7) is 1.91. The number of nitrogens with one attached hydrogen (secondary N) is 6. The van der Waals surface area contributed by atoms with Crippen LogP contribution in [0.4, 0.5) is 24.9 Å². The van der Waals surface area contributed by atoms with Crippen molar-refractivity contribution in [3.05, 3.63) is 136 Å². The molecule has 4 aliphatic heterocycles. The third kappa shape index (κ3) is 15.3. The highest BCUT2D eigenvalue weighted by Gasteiger charge is 2.48. The molecule has 25 nitrogen and oxygen atoms in total. The molecular formula is C70H79Cl2N9O16. The van der Waals surface area contributed by atoms with Crippen molar-refractivity contribution in [2.24, 2.45) is 0 Å². The summed E-state index contributed by atoms with van der Waals surface area (Å²) >= 11 is 12.0. The number of benzene rings is 5. The Morgan fingerprint density at radius 2 is 1.08 bits per heavy atom. The van der Waals surface area contributed by atoms with Crippen LogP contribution in [0, 0.1) is 0 Å². The van der Waals surface area contributed by atoms with Gasteiger partial charge in [-0.2, -0.15) is 0 Å². The molecule has 11 rings (SSSR count). The first-order chi connectivity index (χ1) is 47.1. The lowest BCUT2D eigenvalue weighted by Crippen LogP contribution is -2.48. The van der Waals surface area contributed by atoms with Crippen molar-refractivity contribution in [3.8, 4) is 34.5 Å². The van der Waals surface area contributed by atoms with E-state index in [1.54, 1.807) is 34.1 Å². The number of ether oxygens (including phenoxy) is 8. The Kier molecular flexibility index (Phi) is 22.2. The predicted molar refractivity (Wildman–Crippen MR) is 361 cm³/mol. The molecule has 7 N–H and O–H groups in total. The van der Waals surface area contributed by atoms with Crippen LogP contribution in [-0.4, -0.2) is 171 Å². The highest BCUT2D eigenvalue weighted by atomic mass is 35.5. The summed E-state index contributed by atoms with van der Waals surface area (Å²) in [6, 6.07) is 26.4. The largest absolute Gasteiger partial charge is 0.493 e. The molecule has 7 aromatic rings. The molecule has 5 aromatic carbocycles. The van der Waals surface area contributed by atoms with E-state index in [1.807, 2.05) is 72.8 Å². The van der Waals surface area contributed by atoms with Crippen LogP contribution in [-0.2, 0) is 43.1 Å². The summed E-state index contributed by atoms with van der Waals surface area (Å²) in [5, 5.41) is 23.1. The fourth-order valence-corrected chi connectivity index (χ4v) is 13.9. The first-order valence-electron chi connectivity index (χ1n) is 32.4. The van der Waals surface area contributed by atoms with Gasteiger partial charge in [-0.05, 0) is 141 Å². The molecule has 514 valence electrons. The zero-order valence-electron chi connectivity index (χ0n) is 54.3. The van der Waals surface area contributed by atoms with Gasteiger partial charge in [0.05, 0.1) is 40.5 Å². The van der Waals surface area contributed by atoms with Gasteiger partial charge >= 0.3 is 30.3 Å². The number of aromatic amines is 2. The number of carboxylic acids is 1. The maximum absolute atomic E-state index is 14.1. The van der Waals surface area contributed by atoms with Crippen LogP contribution < -0.4 is 54.6 Å². The van der Waals surface area contributed by atoms with E-state index in [2.05, 4.69) is 36.1 Å². The lowest BCUT2D eigenvalue weighted by Gasteiger charge is -2.36. The molecular weight excluding hydrogens is 1290 g/mol. The van der Waals surface area contributed by atoms with Crippen molar-refractivity contribution in [2.75, 3.05) is 84.5 Å². The zero-order valence-corrected chi connectivity index (χ0v) is 55.8. The van der Waals surface area contributed by atoms with Crippen molar-refractivity contribution in [1.29, 1.82) is 0 Å². The number of para-hydroxylation sites is 2. The van der Waals surface area contributed by atoms with Gasteiger partial charge < -0.3 is 79.1 Å². The molecule has 0 bridgehead atoms. The number of hydrogen-bond donors (Lipinski definition) is 7. The van der Waals surface area contributed by atoms with E-state index in [0.717, 1.165) is 55.6 Å². The minimum Gasteiger partial charge on any atom is -0.493 e. The lowest BCUT2D eigenvalue weighted by molar-refractivity contribution is -0.142. The van der Waals surface area contributed by atoms with Gasteiger partial charge in [-0.15, -0.1) is 23.2 Å². The molecule has 97 heavy (non-hydrogen) atoms. The molecule has 4 aliphatic rings. The molecule has 2 saturated heterocycles. The number of carbonyl (C=O) groups is 7. The number of nitrogens with zero attached hydrogens (tertiary/aromatic N) is 3. The minimum atomic E-state index is -1.20. The number of aryl methyl sites for hydroxylation is 1. The average Bonchev–Trinajstić information content (AvgIpc) is 1.63. The van der Waals surface area contributed by atoms with Gasteiger partial charge in [0, 0.05) is 83.2 Å². The van der Waals surface area contributed by atoms with Gasteiger partial charge in [0.2, 0.25) is 23.3 Å². The average molecular weight is 1370 g/mol. The van der Waals surface area contributed by atoms with Crippen molar-refractivity contribution in [1.82, 2.24) is 41.0 Å². The van der Waals surface area contributed by atoms with E-state index >= 15 is 0 Å². The Labute approximate surface area is 569 Å². The second kappa shape index (κ2) is 31.4. The highest BCUT2D eigenvalue weighted by molar-refractivity contribution is 6.18. The standard InChI is InChI=1S/C70H79Cl2N9O16/c1-90-54-32-41(61-59-48(36-44-38-94-69(88)80(44)61)46-15-5-7-17-50(46)76-59)33-55(91-2)63(54)96-67(86)74-29-12-9-19-52(65(83)73-28-11-10-20-53(66(84)85)75-58(82)21-13-14-40-22-24-43(25-23-40)79(30-26-71)31-27-72)78-68(87)97-64-56(92-3)34-42(35-57(64)93-4)62-60-49(37-45-39-95-70(89)81(45)62)47-16-6-8-18-51(47)77-60/h5-8,15-18,22-25,32-35,44-45,52-53,61-62,76-77H,9-14,19-21,26-31,36-39H2,1-4H3,(H,73,83)(H,74,86)(H,75,82)(H,78,87)(H,84,85)/t44?,45-,52-,53-,61+,62+/m0/s1. The van der Waals surface area contributed by atoms with Gasteiger partial charge in [-0.3, -0.25) is 19.4 Å². The number of unbranched alkanes of at least 4 members (excludes halogenated alkanes) is 2. The van der Waals surface area contributed by atoms with Crippen LogP contribution in [0.15, 0.2) is 97.1 Å². The Bertz CT molecular complexity index is 3980. The van der Waals surface area contributed by atoms with Crippen LogP contribution in [0.2, 0.25) is 0 Å². The molecule has 0 saturated carbocycles. The molecule has 0 aliphatic carbocycles. The van der Waals surface area contributed by atoms with Crippen molar-refractivity contribution >= 4 is 92.9 Å². The Hall–Kier alpha value is -9.75. The predicted octanol–water partition coefficient (Wildman–Crippen LogP) is 10.2. The number of hydrogen-bond acceptors (Lipinski definition) is 16. The lowest BCUT2D eigenvalue weighted by atomic mass is 9.89. The highest BCUT2D eigenvalue weighted by Crippen LogP contribution is 2.50. The Morgan fingerprint density at radius 3 is 1.57 bits per heavy atom. The summed E-state index contributed by atoms with van der Waals surface area (Å²) in [6.07, 6.45) is 0.962. The Morgan fingerprint density at radius 1 is 0.608 bits per heavy atom. The number of carbonyl (C=O) groups excluding carboxylic acids is 6. The monoisotopic (exact) mass is 1370 g/mol. The van der Waals surface area contributed by atoms with Gasteiger partial charge in [0.1, 0.15) is 37.4 Å². The van der Waals surface area contributed by atoms with Crippen molar-refractivity contribution in [2.45, 2.75) is 107 Å². The van der Waals surface area contributed by atoms with Crippen LogP contribution in [0.25, 0.3) is 21.8 Å². The fourth-order valence-electron chi connectivity index (χ4n) is 13.5. The molecule has 1 unspecified atom stereocenters. The number of cyclic esters (lactones) is 2. The minimum absolute atomic E-state index is 0.00782. The number of alkyl halides is 2. The second-order valence-corrected chi connectivity index (χ2v) is 24.9. The van der Waals surface area contributed by atoms with Crippen LogP contribution in [0.3, 0.4) is 0 Å². The van der Waals surface area contributed by atoms with E-state index in [-0.39, 0.29) is 98.6 Å². The number of amides is 6. The number of aromatic nitrogens is 2. The Balaban J connectivity index is 0.731. The molecule has 0 radical (unpaired) electrons. The normalized spacial score (nSPS) is 17.3. The molecule has 6 atom stereocenters. The quantitative estimate of drug-likeness (QED) is 0.0157. The summed E-state index contributed by atoms with van der Waals surface area (Å²) < 4.78 is 46.1. The van der Waals surface area contributed by atoms with Crippen LogP contribution in [0.1, 0.15) is 103 Å². The number of carboxylic acid groups (broad SMARTS) is 1. The molecule has 6 heterocycles. The SMILES string of the molecule is COc1cc([C@@H]2c3[nH]c4ccccc4c3CC3COC(=O)N32)cc(OC)c1OC(=O)NCCCC[C@H](NC(=O)Oc1c(OC)cc([C@@H]2c3[nH]c4ccccc4c3C[C@H]3COC(=O)N32)cc1OC)C(=O)NCCCC[C@H](NC(=O)CCCc1ccc(N(CCCl)CCCl)cc1)C(=O)O. The second-order valence-electron chi connectivity index (χ2n) is 24.2. The zero-order chi connectivity index (χ0) is 68.3. The van der Waals surface area contributed by atoms with E-state index < -0.39 is 66.3 Å². The van der Waals surface area contributed by atoms with Crippen molar-refractivity contribution < 1.29 is 76.6 Å². The molecule has 27 heteroatoms. The number of fused-ring (bicyclic) bond motifs is 8.